The van der Waals surface area contributed by atoms with Gasteiger partial charge >= 0.3 is 23.9 Å². The number of rotatable bonds is 8. The number of methoxy groups -OCH3 is 2. The van der Waals surface area contributed by atoms with Crippen LogP contribution in [-0.4, -0.2) is 82.7 Å². The predicted octanol–water partition coefficient (Wildman–Crippen LogP) is 5.69. The van der Waals surface area contributed by atoms with Crippen molar-refractivity contribution in [1.82, 2.24) is 9.97 Å². The average Bonchev–Trinajstić information content (AvgIpc) is 3.85. The number of nitrogens with zero attached hydrogens (tertiary/aromatic N) is 2. The highest BCUT2D eigenvalue weighted by atomic mass is 16.6. The van der Waals surface area contributed by atoms with E-state index < -0.39 is 59.1 Å². The van der Waals surface area contributed by atoms with Gasteiger partial charge in [0.05, 0.1) is 26.4 Å². The van der Waals surface area contributed by atoms with Crippen molar-refractivity contribution in [2.45, 2.75) is 65.0 Å². The first-order valence-corrected chi connectivity index (χ1v) is 17.0. The number of carbonyl (C=O) groups excluding carboxylic acids is 4. The Morgan fingerprint density at radius 1 is 0.704 bits per heavy atom. The maximum atomic E-state index is 13.3. The maximum Gasteiger partial charge on any atom is 0.360 e. The smallest absolute Gasteiger partial charge is 0.360 e. The van der Waals surface area contributed by atoms with Gasteiger partial charge in [-0.3, -0.25) is 9.59 Å². The van der Waals surface area contributed by atoms with Gasteiger partial charge in [0.1, 0.15) is 35.6 Å². The molecule has 14 nitrogen and oxygen atoms in total. The molecule has 0 spiro atoms. The first-order chi connectivity index (χ1) is 25.9. The van der Waals surface area contributed by atoms with Crippen LogP contribution in [0, 0.1) is 10.8 Å². The lowest BCUT2D eigenvalue weighted by Gasteiger charge is -2.36. The number of fused-ring (bicyclic) bond motifs is 4. The van der Waals surface area contributed by atoms with Crippen LogP contribution in [0.3, 0.4) is 0 Å². The van der Waals surface area contributed by atoms with Crippen molar-refractivity contribution < 1.29 is 57.2 Å². The lowest BCUT2D eigenvalue weighted by Crippen LogP contribution is -2.50. The molecule has 0 aliphatic carbocycles. The third-order valence-corrected chi connectivity index (χ3v) is 8.64. The number of oxazole rings is 2. The standard InChI is InChI=1S/C40H46N2O12/c1-7-19-29(43)39(3,37(47)49-5)31-21-15-11-9-13-17-24-34-42-28(26-52-34)36(46)54-32(40(4,38(48)50-6)30(44)20-8-2)22-16-12-10-14-18-23-33-41-27(25-51-33)35(45)53-31/h7-20,23-26,29-32,43-44H,21-22H2,1-6H3/b13-9+,14-10+,15-11-,16-12-,19-7+,20-8+,23-18+,24-17+/t29-,30-,31-,32-,39?,40?/m0/s1. The Hall–Kier alpha value is -5.86. The Kier molecular flexibility index (Phi) is 16.1. The molecule has 0 saturated heterocycles. The second kappa shape index (κ2) is 20.4. The number of hydrogen-bond acceptors (Lipinski definition) is 14. The number of aliphatic hydroxyl groups excluding tert-OH is 2. The Balaban J connectivity index is 2.02. The number of cyclic esters (lactones) is 2. The summed E-state index contributed by atoms with van der Waals surface area (Å²) in [5.41, 5.74) is -3.75. The zero-order chi connectivity index (χ0) is 39.7. The third kappa shape index (κ3) is 10.6. The molecule has 0 amide bonds. The summed E-state index contributed by atoms with van der Waals surface area (Å²) in [4.78, 5) is 61.0. The van der Waals surface area contributed by atoms with Crippen LogP contribution in [0.15, 0.2) is 106 Å². The van der Waals surface area contributed by atoms with Gasteiger partial charge < -0.3 is 38.0 Å². The fourth-order valence-electron chi connectivity index (χ4n) is 5.31. The Bertz CT molecular complexity index is 1710. The van der Waals surface area contributed by atoms with E-state index >= 15 is 0 Å². The van der Waals surface area contributed by atoms with E-state index in [1.807, 2.05) is 0 Å². The lowest BCUT2D eigenvalue weighted by atomic mass is 9.76. The molecule has 0 fully saturated rings. The molecule has 288 valence electrons. The van der Waals surface area contributed by atoms with Crippen molar-refractivity contribution in [2.75, 3.05) is 14.2 Å². The van der Waals surface area contributed by atoms with Crippen LogP contribution in [0.4, 0.5) is 0 Å². The summed E-state index contributed by atoms with van der Waals surface area (Å²) < 4.78 is 32.4. The largest absolute Gasteiger partial charge is 0.468 e. The molecule has 54 heavy (non-hydrogen) atoms. The molecular weight excluding hydrogens is 700 g/mol. The van der Waals surface area contributed by atoms with Crippen LogP contribution in [0.1, 0.15) is 73.3 Å². The van der Waals surface area contributed by atoms with Crippen LogP contribution in [0.25, 0.3) is 12.2 Å². The van der Waals surface area contributed by atoms with E-state index in [1.165, 1.54) is 52.4 Å². The Morgan fingerprint density at radius 2 is 1.07 bits per heavy atom. The first-order valence-electron chi connectivity index (χ1n) is 17.0. The minimum absolute atomic E-state index is 0.00405. The minimum atomic E-state index is -1.70. The molecule has 2 unspecified atom stereocenters. The number of aromatic nitrogens is 2. The van der Waals surface area contributed by atoms with E-state index in [0.717, 1.165) is 12.5 Å². The topological polar surface area (TPSA) is 198 Å². The SMILES string of the molecule is C/C=C/[C@H](O)C(C)(C(=O)OC)[C@@H]1C\C=C/C=C/C=C/c2nc(co2)C(=O)O[C@H](C(C)(C(=O)OC)[C@@H](O)/C=C/C)C\C=C/C=C/C=C/c2nc(co2)C(=O)O1. The van der Waals surface area contributed by atoms with E-state index in [0.29, 0.717) is 0 Å². The van der Waals surface area contributed by atoms with Gasteiger partial charge in [0, 0.05) is 25.0 Å². The molecule has 0 aromatic carbocycles. The number of aliphatic hydroxyl groups is 2. The molecule has 3 heterocycles. The van der Waals surface area contributed by atoms with E-state index in [4.69, 9.17) is 27.8 Å². The highest BCUT2D eigenvalue weighted by Gasteiger charge is 2.51. The highest BCUT2D eigenvalue weighted by molar-refractivity contribution is 5.88. The van der Waals surface area contributed by atoms with Crippen molar-refractivity contribution in [3.05, 3.63) is 121 Å². The van der Waals surface area contributed by atoms with E-state index in [2.05, 4.69) is 9.97 Å². The summed E-state index contributed by atoms with van der Waals surface area (Å²) in [6.07, 6.45) is 22.2. The van der Waals surface area contributed by atoms with E-state index in [1.54, 1.807) is 86.8 Å². The maximum absolute atomic E-state index is 13.3. The molecule has 1 aliphatic rings. The normalized spacial score (nSPS) is 24.4. The van der Waals surface area contributed by atoms with Crippen LogP contribution in [0.5, 0.6) is 0 Å². The molecule has 0 radical (unpaired) electrons. The van der Waals surface area contributed by atoms with Gasteiger partial charge in [-0.05, 0) is 27.7 Å². The minimum Gasteiger partial charge on any atom is -0.468 e. The van der Waals surface area contributed by atoms with Gasteiger partial charge in [-0.25, -0.2) is 19.6 Å². The van der Waals surface area contributed by atoms with Gasteiger partial charge in [0.25, 0.3) is 0 Å². The van der Waals surface area contributed by atoms with Crippen molar-refractivity contribution in [3.63, 3.8) is 0 Å². The molecule has 2 N–H and O–H groups in total. The van der Waals surface area contributed by atoms with Gasteiger partial charge in [-0.1, -0.05) is 85.1 Å². The zero-order valence-corrected chi connectivity index (χ0v) is 31.0. The van der Waals surface area contributed by atoms with Crippen molar-refractivity contribution >= 4 is 36.0 Å². The summed E-state index contributed by atoms with van der Waals surface area (Å²) in [5.74, 6) is -3.22. The molecule has 1 aliphatic heterocycles. The number of ether oxygens (including phenoxy) is 4. The highest BCUT2D eigenvalue weighted by Crippen LogP contribution is 2.35. The molecule has 6 atom stereocenters. The molecule has 2 aromatic rings. The Labute approximate surface area is 313 Å². The molecule has 3 rings (SSSR count). The number of hydrogen-bond donors (Lipinski definition) is 2. The van der Waals surface area contributed by atoms with Crippen LogP contribution in [0.2, 0.25) is 0 Å². The molecule has 0 saturated carbocycles. The lowest BCUT2D eigenvalue weighted by molar-refractivity contribution is -0.168. The quantitative estimate of drug-likeness (QED) is 0.190. The van der Waals surface area contributed by atoms with Crippen LogP contribution < -0.4 is 0 Å². The van der Waals surface area contributed by atoms with Gasteiger partial charge in [-0.2, -0.15) is 0 Å². The second-order valence-corrected chi connectivity index (χ2v) is 12.2. The van der Waals surface area contributed by atoms with Gasteiger partial charge in [0.15, 0.2) is 11.4 Å². The monoisotopic (exact) mass is 746 g/mol. The van der Waals surface area contributed by atoms with Gasteiger partial charge in [0.2, 0.25) is 11.8 Å². The summed E-state index contributed by atoms with van der Waals surface area (Å²) in [5, 5.41) is 22.0. The van der Waals surface area contributed by atoms with Crippen molar-refractivity contribution in [2.24, 2.45) is 10.8 Å². The second-order valence-electron chi connectivity index (χ2n) is 12.2. The zero-order valence-electron chi connectivity index (χ0n) is 31.0. The van der Waals surface area contributed by atoms with Crippen molar-refractivity contribution in [3.8, 4) is 0 Å². The van der Waals surface area contributed by atoms with E-state index in [9.17, 15) is 29.4 Å². The van der Waals surface area contributed by atoms with E-state index in [-0.39, 0.29) is 36.0 Å². The predicted molar refractivity (Wildman–Crippen MR) is 197 cm³/mol. The van der Waals surface area contributed by atoms with Crippen molar-refractivity contribution in [1.29, 1.82) is 0 Å². The Morgan fingerprint density at radius 3 is 1.43 bits per heavy atom. The van der Waals surface area contributed by atoms with Gasteiger partial charge in [-0.15, -0.1) is 0 Å². The first kappa shape index (κ1) is 42.6. The molecule has 14 heteroatoms. The van der Waals surface area contributed by atoms with Crippen LogP contribution >= 0.6 is 0 Å². The summed E-state index contributed by atoms with van der Waals surface area (Å²) in [6.45, 7) is 6.23. The number of allylic oxidation sites excluding steroid dienone is 10. The average molecular weight is 747 g/mol. The molecular formula is C40H46N2O12. The fraction of sp³-hybridized carbons (Fsp3) is 0.350. The number of esters is 4. The van der Waals surface area contributed by atoms with Crippen LogP contribution in [-0.2, 0) is 28.5 Å². The summed E-state index contributed by atoms with van der Waals surface area (Å²) >= 11 is 0. The third-order valence-electron chi connectivity index (χ3n) is 8.64. The summed E-state index contributed by atoms with van der Waals surface area (Å²) in [7, 11) is 2.35. The molecule has 4 bridgehead atoms. The summed E-state index contributed by atoms with van der Waals surface area (Å²) in [6, 6.07) is 0. The molecule has 2 aromatic heterocycles. The number of carbonyl (C=O) groups is 4. The fourth-order valence-corrected chi connectivity index (χ4v) is 5.31.